The van der Waals surface area contributed by atoms with Gasteiger partial charge in [-0.3, -0.25) is 0 Å². The van der Waals surface area contributed by atoms with Gasteiger partial charge in [-0.15, -0.1) is 0 Å². The van der Waals surface area contributed by atoms with Crippen LogP contribution in [0.3, 0.4) is 0 Å². The van der Waals surface area contributed by atoms with Crippen molar-refractivity contribution in [3.05, 3.63) is 11.8 Å². The van der Waals surface area contributed by atoms with E-state index in [1.165, 1.54) is 19.3 Å². The molecule has 0 amide bonds. The Morgan fingerprint density at radius 3 is 2.05 bits per heavy atom. The lowest BCUT2D eigenvalue weighted by molar-refractivity contribution is -0.136. The van der Waals surface area contributed by atoms with Crippen LogP contribution >= 0.6 is 0 Å². The molecule has 112 valence electrons. The molecule has 0 bridgehead atoms. The van der Waals surface area contributed by atoms with E-state index in [1.807, 2.05) is 0 Å². The minimum atomic E-state index is -1.21. The summed E-state index contributed by atoms with van der Waals surface area (Å²) in [6.45, 7) is 3.52. The maximum absolute atomic E-state index is 11.1. The number of aliphatic carboxylic acids is 2. The Kier molecular flexibility index (Phi) is 5.00. The molecule has 2 heterocycles. The van der Waals surface area contributed by atoms with Gasteiger partial charge in [0, 0.05) is 19.1 Å². The van der Waals surface area contributed by atoms with Gasteiger partial charge in [-0.1, -0.05) is 6.42 Å². The van der Waals surface area contributed by atoms with Crippen molar-refractivity contribution in [2.45, 2.75) is 38.1 Å². The Morgan fingerprint density at radius 1 is 0.950 bits per heavy atom. The van der Waals surface area contributed by atoms with Crippen LogP contribution in [-0.4, -0.2) is 64.2 Å². The lowest BCUT2D eigenvalue weighted by atomic mass is 9.99. The Hall–Kier alpha value is -1.56. The fraction of sp³-hybridized carbons (Fsp3) is 0.714. The zero-order valence-corrected chi connectivity index (χ0v) is 11.6. The lowest BCUT2D eigenvalue weighted by Crippen LogP contribution is -2.47. The van der Waals surface area contributed by atoms with E-state index in [1.54, 1.807) is 4.90 Å². The second-order valence-electron chi connectivity index (χ2n) is 5.49. The first-order valence-corrected chi connectivity index (χ1v) is 7.25. The highest BCUT2D eigenvalue weighted by Crippen LogP contribution is 2.22. The summed E-state index contributed by atoms with van der Waals surface area (Å²) < 4.78 is 0. The first-order valence-electron chi connectivity index (χ1n) is 7.25. The highest BCUT2D eigenvalue weighted by Gasteiger charge is 2.28. The lowest BCUT2D eigenvalue weighted by Gasteiger charge is -2.40. The first-order chi connectivity index (χ1) is 9.58. The molecule has 0 aromatic rings. The Bertz CT molecular complexity index is 394. The molecule has 2 aliphatic rings. The minimum absolute atomic E-state index is 0.102. The summed E-state index contributed by atoms with van der Waals surface area (Å²) in [5, 5.41) is 17.8. The van der Waals surface area contributed by atoms with E-state index < -0.39 is 11.9 Å². The molecule has 0 saturated carbocycles. The number of nitrogens with zero attached hydrogens (tertiary/aromatic N) is 2. The Balaban J connectivity index is 1.92. The van der Waals surface area contributed by atoms with Gasteiger partial charge in [0.15, 0.2) is 0 Å². The quantitative estimate of drug-likeness (QED) is 0.748. The predicted octanol–water partition coefficient (Wildman–Crippen LogP) is 0.990. The number of carbonyl (C=O) groups is 2. The maximum Gasteiger partial charge on any atom is 0.352 e. The first kappa shape index (κ1) is 14.8. The van der Waals surface area contributed by atoms with Gasteiger partial charge in [-0.05, 0) is 38.8 Å². The van der Waals surface area contributed by atoms with Crippen LogP contribution in [0.1, 0.15) is 32.1 Å². The molecule has 6 heteroatoms. The summed E-state index contributed by atoms with van der Waals surface area (Å²) in [6, 6.07) is 0.520. The molecule has 0 aromatic carbocycles. The average Bonchev–Trinajstić information content (AvgIpc) is 2.45. The van der Waals surface area contributed by atoms with Crippen molar-refractivity contribution in [3.8, 4) is 0 Å². The largest absolute Gasteiger partial charge is 0.478 e. The number of likely N-dealkylation sites (tertiary alicyclic amines) is 2. The standard InChI is InChI=1S/C14H22N2O4/c17-13(18)10-12(14(19)20)16-8-4-11(5-9-16)15-6-2-1-3-7-15/h10-11H,1-9H2,(H,17,18)(H,19,20)/b12-10+. The van der Waals surface area contributed by atoms with Crippen LogP contribution in [0.15, 0.2) is 11.8 Å². The molecule has 0 aliphatic carbocycles. The van der Waals surface area contributed by atoms with Crippen molar-refractivity contribution in [1.82, 2.24) is 9.80 Å². The molecule has 6 nitrogen and oxygen atoms in total. The summed E-state index contributed by atoms with van der Waals surface area (Å²) in [4.78, 5) is 26.0. The van der Waals surface area contributed by atoms with Gasteiger partial charge in [0.05, 0.1) is 6.08 Å². The normalized spacial score (nSPS) is 22.8. The van der Waals surface area contributed by atoms with Crippen molar-refractivity contribution in [2.24, 2.45) is 0 Å². The smallest absolute Gasteiger partial charge is 0.352 e. The fourth-order valence-electron chi connectivity index (χ4n) is 3.16. The molecule has 0 spiro atoms. The molecule has 0 aromatic heterocycles. The molecule has 0 atom stereocenters. The molecular formula is C14H22N2O4. The summed E-state index contributed by atoms with van der Waals surface area (Å²) in [7, 11) is 0. The van der Waals surface area contributed by atoms with Crippen LogP contribution < -0.4 is 0 Å². The minimum Gasteiger partial charge on any atom is -0.478 e. The number of carboxylic acid groups (broad SMARTS) is 2. The van der Waals surface area contributed by atoms with Crippen molar-refractivity contribution < 1.29 is 19.8 Å². The predicted molar refractivity (Wildman–Crippen MR) is 73.4 cm³/mol. The molecule has 2 fully saturated rings. The molecule has 2 rings (SSSR count). The van der Waals surface area contributed by atoms with Crippen molar-refractivity contribution in [3.63, 3.8) is 0 Å². The van der Waals surface area contributed by atoms with Gasteiger partial charge in [-0.2, -0.15) is 0 Å². The van der Waals surface area contributed by atoms with E-state index in [-0.39, 0.29) is 5.70 Å². The Morgan fingerprint density at radius 2 is 1.55 bits per heavy atom. The van der Waals surface area contributed by atoms with E-state index in [0.29, 0.717) is 19.1 Å². The van der Waals surface area contributed by atoms with Crippen LogP contribution in [-0.2, 0) is 9.59 Å². The van der Waals surface area contributed by atoms with Crippen LogP contribution in [0.25, 0.3) is 0 Å². The van der Waals surface area contributed by atoms with Gasteiger partial charge in [0.25, 0.3) is 0 Å². The fourth-order valence-corrected chi connectivity index (χ4v) is 3.16. The summed E-state index contributed by atoms with van der Waals surface area (Å²) in [5.41, 5.74) is -0.102. The van der Waals surface area contributed by atoms with E-state index in [9.17, 15) is 9.59 Å². The van der Waals surface area contributed by atoms with Gasteiger partial charge >= 0.3 is 11.9 Å². The number of hydrogen-bond acceptors (Lipinski definition) is 4. The van der Waals surface area contributed by atoms with Gasteiger partial charge in [0.2, 0.25) is 0 Å². The molecule has 0 unspecified atom stereocenters. The molecule has 20 heavy (non-hydrogen) atoms. The van der Waals surface area contributed by atoms with Crippen LogP contribution in [0.2, 0.25) is 0 Å². The molecule has 2 saturated heterocycles. The highest BCUT2D eigenvalue weighted by atomic mass is 16.4. The third-order valence-corrected chi connectivity index (χ3v) is 4.19. The SMILES string of the molecule is O=C(O)/C=C(\C(=O)O)N1CCC(N2CCCCC2)CC1. The molecule has 0 radical (unpaired) electrons. The van der Waals surface area contributed by atoms with E-state index >= 15 is 0 Å². The van der Waals surface area contributed by atoms with Crippen LogP contribution in [0.4, 0.5) is 0 Å². The molecular weight excluding hydrogens is 260 g/mol. The summed E-state index contributed by atoms with van der Waals surface area (Å²) in [6.07, 6.45) is 6.41. The summed E-state index contributed by atoms with van der Waals surface area (Å²) in [5.74, 6) is -2.37. The van der Waals surface area contributed by atoms with Crippen molar-refractivity contribution >= 4 is 11.9 Å². The average molecular weight is 282 g/mol. The zero-order chi connectivity index (χ0) is 14.5. The van der Waals surface area contributed by atoms with Gasteiger partial charge in [-0.25, -0.2) is 9.59 Å². The van der Waals surface area contributed by atoms with Gasteiger partial charge in [0.1, 0.15) is 5.70 Å². The zero-order valence-electron chi connectivity index (χ0n) is 11.6. The third-order valence-electron chi connectivity index (χ3n) is 4.19. The third kappa shape index (κ3) is 3.72. The number of hydrogen-bond donors (Lipinski definition) is 2. The molecule has 2 aliphatic heterocycles. The molecule has 2 N–H and O–H groups in total. The Labute approximate surface area is 118 Å². The van der Waals surface area contributed by atoms with Crippen LogP contribution in [0, 0.1) is 0 Å². The van der Waals surface area contributed by atoms with Crippen LogP contribution in [0.5, 0.6) is 0 Å². The second-order valence-corrected chi connectivity index (χ2v) is 5.49. The van der Waals surface area contributed by atoms with Gasteiger partial charge < -0.3 is 20.0 Å². The maximum atomic E-state index is 11.1. The van der Waals surface area contributed by atoms with E-state index in [2.05, 4.69) is 4.90 Å². The summed E-state index contributed by atoms with van der Waals surface area (Å²) >= 11 is 0. The van der Waals surface area contributed by atoms with Crippen molar-refractivity contribution in [1.29, 1.82) is 0 Å². The number of rotatable bonds is 4. The second kappa shape index (κ2) is 6.74. The topological polar surface area (TPSA) is 81.1 Å². The van der Waals surface area contributed by atoms with Crippen molar-refractivity contribution in [2.75, 3.05) is 26.2 Å². The van der Waals surface area contributed by atoms with E-state index in [0.717, 1.165) is 32.0 Å². The monoisotopic (exact) mass is 282 g/mol. The van der Waals surface area contributed by atoms with E-state index in [4.69, 9.17) is 10.2 Å². The highest BCUT2D eigenvalue weighted by molar-refractivity contribution is 5.94. The number of carboxylic acids is 2. The number of piperidine rings is 2.